The fourth-order valence-corrected chi connectivity index (χ4v) is 2.74. The summed E-state index contributed by atoms with van der Waals surface area (Å²) in [6, 6.07) is 7.32. The van der Waals surface area contributed by atoms with Crippen molar-refractivity contribution in [3.8, 4) is 11.5 Å². The Hall–Kier alpha value is -3.62. The van der Waals surface area contributed by atoms with E-state index >= 15 is 0 Å². The Morgan fingerprint density at radius 2 is 1.82 bits per heavy atom. The minimum Gasteiger partial charge on any atom is -0.496 e. The summed E-state index contributed by atoms with van der Waals surface area (Å²) in [5.41, 5.74) is 1.98. The second-order valence-electron chi connectivity index (χ2n) is 6.06. The number of amides is 1. The molecule has 2 N–H and O–H groups in total. The Balaban J connectivity index is 2.16. The van der Waals surface area contributed by atoms with Gasteiger partial charge >= 0.3 is 5.97 Å². The normalized spacial score (nSPS) is 10.2. The number of nitro benzene ring substituents is 1. The predicted octanol–water partition coefficient (Wildman–Crippen LogP) is 2.61. The standard InChI is InChI=1S/C19H20N2O7/c1-11-6-13(7-12(2)18(11)28-10-17(22)23)19(24)20-9-14-8-15(21(25)26)4-5-16(14)27-3/h4-8H,9-10H2,1-3H3,(H,20,24)(H,22,23). The third-order valence-corrected chi connectivity index (χ3v) is 3.98. The number of carbonyl (C=O) groups excluding carboxylic acids is 1. The van der Waals surface area contributed by atoms with E-state index < -0.39 is 17.5 Å². The van der Waals surface area contributed by atoms with Gasteiger partial charge in [0, 0.05) is 29.8 Å². The van der Waals surface area contributed by atoms with E-state index in [1.807, 2.05) is 0 Å². The number of nitrogens with zero attached hydrogens (tertiary/aromatic N) is 1. The van der Waals surface area contributed by atoms with E-state index in [0.717, 1.165) is 0 Å². The molecule has 0 saturated carbocycles. The quantitative estimate of drug-likeness (QED) is 0.525. The van der Waals surface area contributed by atoms with Crippen LogP contribution in [-0.2, 0) is 11.3 Å². The van der Waals surface area contributed by atoms with Crippen LogP contribution in [0, 0.1) is 24.0 Å². The zero-order valence-corrected chi connectivity index (χ0v) is 15.6. The Morgan fingerprint density at radius 1 is 1.18 bits per heavy atom. The van der Waals surface area contributed by atoms with Gasteiger partial charge in [0.05, 0.1) is 12.0 Å². The van der Waals surface area contributed by atoms with Crippen LogP contribution in [-0.4, -0.2) is 35.6 Å². The molecule has 0 fully saturated rings. The molecule has 0 aliphatic heterocycles. The van der Waals surface area contributed by atoms with Crippen LogP contribution in [0.15, 0.2) is 30.3 Å². The first-order valence-electron chi connectivity index (χ1n) is 8.28. The highest BCUT2D eigenvalue weighted by Crippen LogP contribution is 2.26. The van der Waals surface area contributed by atoms with Crippen molar-refractivity contribution in [1.82, 2.24) is 5.32 Å². The first-order chi connectivity index (χ1) is 13.2. The number of aryl methyl sites for hydroxylation is 2. The second kappa shape index (κ2) is 8.85. The van der Waals surface area contributed by atoms with Crippen LogP contribution in [0.3, 0.4) is 0 Å². The Labute approximate surface area is 161 Å². The molecule has 0 heterocycles. The van der Waals surface area contributed by atoms with Crippen LogP contribution in [0.1, 0.15) is 27.0 Å². The SMILES string of the molecule is COc1ccc([N+](=O)[O-])cc1CNC(=O)c1cc(C)c(OCC(=O)O)c(C)c1. The summed E-state index contributed by atoms with van der Waals surface area (Å²) < 4.78 is 10.4. The van der Waals surface area contributed by atoms with Crippen molar-refractivity contribution >= 4 is 17.6 Å². The first kappa shape index (κ1) is 20.7. The molecule has 0 aliphatic rings. The minimum absolute atomic E-state index is 0.0407. The monoisotopic (exact) mass is 388 g/mol. The average molecular weight is 388 g/mol. The number of hydrogen-bond acceptors (Lipinski definition) is 6. The van der Waals surface area contributed by atoms with Gasteiger partial charge in [-0.2, -0.15) is 0 Å². The van der Waals surface area contributed by atoms with Gasteiger partial charge < -0.3 is 19.9 Å². The first-order valence-corrected chi connectivity index (χ1v) is 8.28. The fraction of sp³-hybridized carbons (Fsp3) is 0.263. The van der Waals surface area contributed by atoms with Crippen molar-refractivity contribution in [3.63, 3.8) is 0 Å². The highest BCUT2D eigenvalue weighted by atomic mass is 16.6. The third kappa shape index (κ3) is 4.97. The molecule has 9 nitrogen and oxygen atoms in total. The van der Waals surface area contributed by atoms with Crippen LogP contribution in [0.25, 0.3) is 0 Å². The van der Waals surface area contributed by atoms with Gasteiger partial charge in [-0.05, 0) is 43.2 Å². The lowest BCUT2D eigenvalue weighted by Crippen LogP contribution is -2.23. The molecule has 9 heteroatoms. The lowest BCUT2D eigenvalue weighted by molar-refractivity contribution is -0.384. The third-order valence-electron chi connectivity index (χ3n) is 3.98. The lowest BCUT2D eigenvalue weighted by Gasteiger charge is -2.13. The van der Waals surface area contributed by atoms with E-state index in [0.29, 0.717) is 33.8 Å². The van der Waals surface area contributed by atoms with Crippen LogP contribution in [0.4, 0.5) is 5.69 Å². The molecule has 2 aromatic rings. The summed E-state index contributed by atoms with van der Waals surface area (Å²) in [5, 5.41) is 22.4. The molecule has 1 amide bonds. The minimum atomic E-state index is -1.09. The summed E-state index contributed by atoms with van der Waals surface area (Å²) in [6.07, 6.45) is 0. The van der Waals surface area contributed by atoms with E-state index in [-0.39, 0.29) is 18.1 Å². The molecule has 0 spiro atoms. The number of nitro groups is 1. The van der Waals surface area contributed by atoms with Gasteiger partial charge in [-0.3, -0.25) is 14.9 Å². The maximum atomic E-state index is 12.5. The van der Waals surface area contributed by atoms with Crippen molar-refractivity contribution < 1.29 is 29.1 Å². The number of non-ortho nitro benzene ring substituents is 1. The molecule has 0 aliphatic carbocycles. The maximum Gasteiger partial charge on any atom is 0.341 e. The Bertz CT molecular complexity index is 901. The molecule has 2 rings (SSSR count). The zero-order valence-electron chi connectivity index (χ0n) is 15.6. The number of methoxy groups -OCH3 is 1. The van der Waals surface area contributed by atoms with Gasteiger partial charge in [0.25, 0.3) is 11.6 Å². The van der Waals surface area contributed by atoms with E-state index in [9.17, 15) is 19.7 Å². The zero-order chi connectivity index (χ0) is 20.8. The topological polar surface area (TPSA) is 128 Å². The fourth-order valence-electron chi connectivity index (χ4n) is 2.74. The van der Waals surface area contributed by atoms with Gasteiger partial charge in [0.1, 0.15) is 11.5 Å². The molecular formula is C19H20N2O7. The van der Waals surface area contributed by atoms with Crippen LogP contribution >= 0.6 is 0 Å². The predicted molar refractivity (Wildman–Crippen MR) is 99.9 cm³/mol. The van der Waals surface area contributed by atoms with Crippen LogP contribution in [0.2, 0.25) is 0 Å². The summed E-state index contributed by atoms with van der Waals surface area (Å²) in [4.78, 5) is 33.6. The summed E-state index contributed by atoms with van der Waals surface area (Å²) >= 11 is 0. The summed E-state index contributed by atoms with van der Waals surface area (Å²) in [7, 11) is 1.44. The molecule has 0 bridgehead atoms. The van der Waals surface area contributed by atoms with Crippen molar-refractivity contribution in [3.05, 3.63) is 62.7 Å². The number of carboxylic acids is 1. The number of carbonyl (C=O) groups is 2. The van der Waals surface area contributed by atoms with Gasteiger partial charge in [-0.25, -0.2) is 4.79 Å². The van der Waals surface area contributed by atoms with Gasteiger partial charge in [-0.1, -0.05) is 0 Å². The number of hydrogen-bond donors (Lipinski definition) is 2. The van der Waals surface area contributed by atoms with Gasteiger partial charge in [0.15, 0.2) is 6.61 Å². The molecule has 0 radical (unpaired) electrons. The number of aliphatic carboxylic acids is 1. The molecule has 0 saturated heterocycles. The van der Waals surface area contributed by atoms with Gasteiger partial charge in [-0.15, -0.1) is 0 Å². The molecule has 2 aromatic carbocycles. The van der Waals surface area contributed by atoms with Crippen molar-refractivity contribution in [2.45, 2.75) is 20.4 Å². The molecule has 148 valence electrons. The van der Waals surface area contributed by atoms with E-state index in [4.69, 9.17) is 14.6 Å². The molecular weight excluding hydrogens is 368 g/mol. The average Bonchev–Trinajstić information content (AvgIpc) is 2.64. The number of ether oxygens (including phenoxy) is 2. The highest BCUT2D eigenvalue weighted by molar-refractivity contribution is 5.95. The maximum absolute atomic E-state index is 12.5. The van der Waals surface area contributed by atoms with E-state index in [1.54, 1.807) is 26.0 Å². The van der Waals surface area contributed by atoms with Gasteiger partial charge in [0.2, 0.25) is 0 Å². The smallest absolute Gasteiger partial charge is 0.341 e. The van der Waals surface area contributed by atoms with Crippen molar-refractivity contribution in [2.75, 3.05) is 13.7 Å². The largest absolute Gasteiger partial charge is 0.496 e. The molecule has 0 aromatic heterocycles. The van der Waals surface area contributed by atoms with Crippen LogP contribution in [0.5, 0.6) is 11.5 Å². The van der Waals surface area contributed by atoms with Crippen molar-refractivity contribution in [1.29, 1.82) is 0 Å². The molecule has 0 atom stereocenters. The summed E-state index contributed by atoms with van der Waals surface area (Å²) in [5.74, 6) is -0.633. The Morgan fingerprint density at radius 3 is 2.36 bits per heavy atom. The number of benzene rings is 2. The second-order valence-corrected chi connectivity index (χ2v) is 6.06. The molecule has 0 unspecified atom stereocenters. The van der Waals surface area contributed by atoms with E-state index in [1.165, 1.54) is 25.3 Å². The number of rotatable bonds is 8. The van der Waals surface area contributed by atoms with Crippen LogP contribution < -0.4 is 14.8 Å². The summed E-state index contributed by atoms with van der Waals surface area (Å²) in [6.45, 7) is 2.99. The van der Waals surface area contributed by atoms with E-state index in [2.05, 4.69) is 5.32 Å². The highest BCUT2D eigenvalue weighted by Gasteiger charge is 2.15. The Kier molecular flexibility index (Phi) is 6.54. The molecule has 28 heavy (non-hydrogen) atoms. The number of carboxylic acid groups (broad SMARTS) is 1. The lowest BCUT2D eigenvalue weighted by atomic mass is 10.0. The number of nitrogens with one attached hydrogen (secondary N) is 1. The van der Waals surface area contributed by atoms with Crippen molar-refractivity contribution in [2.24, 2.45) is 0 Å².